The molecule has 4 aromatic carbocycles. The van der Waals surface area contributed by atoms with Gasteiger partial charge in [-0.25, -0.2) is 30.8 Å². The molecule has 1 aliphatic rings. The highest BCUT2D eigenvalue weighted by atomic mass is 32.2. The maximum absolute atomic E-state index is 14.3. The second kappa shape index (κ2) is 20.5. The number of carbonyl (C=O) groups is 1. The van der Waals surface area contributed by atoms with Crippen molar-refractivity contribution in [3.63, 3.8) is 0 Å². The Balaban J connectivity index is 0.000000412. The average Bonchev–Trinajstić information content (AvgIpc) is 3.03. The standard InChI is InChI=1S/C17H15F2OS2.C14H10F2O3.CHF3O3S.H3N.H2O/c18-14-9-13(20-11-12-5-2-1-3-6-12)10-15(19)16(14)17-21-7-4-8-22-17;15-11-6-10(7-12(16)13(11)14(17)18)19-8-9-4-2-1-3-5-9;2-1(3,4)8(5,6)7;;/h1-3,5-6,9-10H,4,7-8,11H2;1-7H,8H2,(H,17,18);(H,5,6,7);1H3;1H2/q+1;;;;/p-1. The third kappa shape index (κ3) is 14.1. The highest BCUT2D eigenvalue weighted by Crippen LogP contribution is 2.27. The van der Waals surface area contributed by atoms with E-state index in [2.05, 4.69) is 0 Å². The van der Waals surface area contributed by atoms with Gasteiger partial charge in [0, 0.05) is 36.4 Å². The van der Waals surface area contributed by atoms with Crippen molar-refractivity contribution >= 4 is 43.4 Å². The van der Waals surface area contributed by atoms with Crippen molar-refractivity contribution in [1.82, 2.24) is 6.15 Å². The van der Waals surface area contributed by atoms with E-state index in [4.69, 9.17) is 27.6 Å². The minimum atomic E-state index is -6.09. The molecule has 5 rings (SSSR count). The summed E-state index contributed by atoms with van der Waals surface area (Å²) >= 11 is 3.04. The number of halogens is 7. The third-order valence-electron chi connectivity index (χ3n) is 5.98. The predicted octanol–water partition coefficient (Wildman–Crippen LogP) is 6.87. The van der Waals surface area contributed by atoms with Crippen molar-refractivity contribution < 1.29 is 68.6 Å². The molecule has 0 saturated heterocycles. The average molecular weight is 786 g/mol. The molecule has 0 radical (unpaired) electrons. The quantitative estimate of drug-likeness (QED) is 0.0634. The number of carboxylic acid groups (broad SMARTS) is 1. The van der Waals surface area contributed by atoms with Gasteiger partial charge in [0.05, 0.1) is 0 Å². The lowest BCUT2D eigenvalue weighted by Crippen LogP contribution is -2.21. The molecule has 9 nitrogen and oxygen atoms in total. The normalized spacial score (nSPS) is 12.3. The van der Waals surface area contributed by atoms with Gasteiger partial charge in [0.2, 0.25) is 0 Å². The van der Waals surface area contributed by atoms with Crippen LogP contribution >= 0.6 is 11.8 Å². The van der Waals surface area contributed by atoms with Gasteiger partial charge in [-0.05, 0) is 11.1 Å². The summed E-state index contributed by atoms with van der Waals surface area (Å²) in [5.74, 6) is -3.09. The number of thioether (sulfide) groups is 1. The van der Waals surface area contributed by atoms with E-state index in [1.54, 1.807) is 12.1 Å². The van der Waals surface area contributed by atoms with Crippen molar-refractivity contribution in [1.29, 1.82) is 0 Å². The SMILES string of the molecule is Fc1cc(OCc2ccccc2)cc(F)c1C1=[S+]CCCS1.N.O.O=C(O)c1c(F)cc(OCc2ccccc2)cc1F.O=S(=O)([O-])C(F)(F)F. The lowest BCUT2D eigenvalue weighted by atomic mass is 10.2. The van der Waals surface area contributed by atoms with Gasteiger partial charge >= 0.3 is 11.5 Å². The molecule has 0 fully saturated rings. The first-order valence-corrected chi connectivity index (χ1v) is 17.1. The number of aromatic carboxylic acids is 1. The van der Waals surface area contributed by atoms with Crippen LogP contribution in [0.1, 0.15) is 33.5 Å². The summed E-state index contributed by atoms with van der Waals surface area (Å²) in [5.41, 5.74) is -4.74. The van der Waals surface area contributed by atoms with E-state index < -0.39 is 50.4 Å². The molecule has 0 aliphatic carbocycles. The highest BCUT2D eigenvalue weighted by molar-refractivity contribution is 8.23. The predicted molar refractivity (Wildman–Crippen MR) is 179 cm³/mol. The van der Waals surface area contributed by atoms with Crippen LogP contribution in [0.3, 0.4) is 0 Å². The first-order valence-electron chi connectivity index (χ1n) is 13.8. The Morgan fingerprint density at radius 3 is 1.53 bits per heavy atom. The zero-order valence-corrected chi connectivity index (χ0v) is 28.5. The topological polar surface area (TPSA) is 179 Å². The highest BCUT2D eigenvalue weighted by Gasteiger charge is 2.37. The molecule has 0 unspecified atom stereocenters. The molecule has 0 saturated carbocycles. The fraction of sp³-hybridized carbons (Fsp3) is 0.188. The Kier molecular flexibility index (Phi) is 18.0. The third-order valence-corrected chi connectivity index (χ3v) is 9.18. The lowest BCUT2D eigenvalue weighted by Gasteiger charge is -2.09. The van der Waals surface area contributed by atoms with Crippen molar-refractivity contribution in [3.8, 4) is 11.5 Å². The van der Waals surface area contributed by atoms with Gasteiger partial charge in [-0.1, -0.05) is 72.4 Å². The minimum Gasteiger partial charge on any atom is -0.741 e. The number of carboxylic acids is 1. The Morgan fingerprint density at radius 1 is 0.804 bits per heavy atom. The summed E-state index contributed by atoms with van der Waals surface area (Å²) < 4.78 is 126. The Bertz CT molecular complexity index is 1820. The monoisotopic (exact) mass is 785 g/mol. The Morgan fingerprint density at radius 2 is 1.20 bits per heavy atom. The first kappa shape index (κ1) is 44.8. The Labute approximate surface area is 296 Å². The summed E-state index contributed by atoms with van der Waals surface area (Å²) in [4.78, 5) is 10.6. The van der Waals surface area contributed by atoms with E-state index in [1.165, 1.54) is 35.2 Å². The molecule has 51 heavy (non-hydrogen) atoms. The van der Waals surface area contributed by atoms with Gasteiger partial charge < -0.3 is 30.8 Å². The molecule has 0 atom stereocenters. The van der Waals surface area contributed by atoms with Gasteiger partial charge in [-0.3, -0.25) is 0 Å². The molecule has 0 amide bonds. The summed E-state index contributed by atoms with van der Waals surface area (Å²) in [6.07, 6.45) is 1.07. The van der Waals surface area contributed by atoms with Crippen LogP contribution in [0.25, 0.3) is 0 Å². The smallest absolute Gasteiger partial charge is 0.485 e. The van der Waals surface area contributed by atoms with Crippen LogP contribution in [0, 0.1) is 23.3 Å². The van der Waals surface area contributed by atoms with Crippen LogP contribution < -0.4 is 15.6 Å². The van der Waals surface area contributed by atoms with Gasteiger partial charge in [0.1, 0.15) is 59.1 Å². The largest absolute Gasteiger partial charge is 0.741 e. The van der Waals surface area contributed by atoms with Crippen LogP contribution in [0.15, 0.2) is 84.9 Å². The maximum Gasteiger partial charge on any atom is 0.485 e. The van der Waals surface area contributed by atoms with Gasteiger partial charge in [0.25, 0.3) is 4.20 Å². The summed E-state index contributed by atoms with van der Waals surface area (Å²) in [6, 6.07) is 22.8. The fourth-order valence-corrected chi connectivity index (χ4v) is 6.37. The number of hydrogen-bond donors (Lipinski definition) is 2. The van der Waals surface area contributed by atoms with Gasteiger partial charge in [-0.2, -0.15) is 13.2 Å². The molecule has 0 bridgehead atoms. The second-order valence-corrected chi connectivity index (χ2v) is 13.5. The molecule has 4 aromatic rings. The summed E-state index contributed by atoms with van der Waals surface area (Å²) in [7, 11) is -6.09. The minimum absolute atomic E-state index is 0. The van der Waals surface area contributed by atoms with E-state index >= 15 is 0 Å². The molecule has 1 heterocycles. The van der Waals surface area contributed by atoms with Crippen LogP contribution in [0.2, 0.25) is 0 Å². The fourth-order valence-electron chi connectivity index (χ4n) is 3.72. The van der Waals surface area contributed by atoms with Crippen LogP contribution in [-0.2, 0) is 34.7 Å². The van der Waals surface area contributed by atoms with Crippen molar-refractivity contribution in [2.24, 2.45) is 0 Å². The number of ether oxygens (including phenoxy) is 2. The lowest BCUT2D eigenvalue weighted by molar-refractivity contribution is -0.0517. The van der Waals surface area contributed by atoms with E-state index in [0.717, 1.165) is 45.4 Å². The number of hydrogen-bond acceptors (Lipinski definition) is 8. The molecule has 6 N–H and O–H groups in total. The van der Waals surface area contributed by atoms with Gasteiger partial charge in [-0.15, -0.1) is 0 Å². The van der Waals surface area contributed by atoms with Crippen LogP contribution in [-0.4, -0.2) is 50.7 Å². The van der Waals surface area contributed by atoms with Crippen molar-refractivity contribution in [2.75, 3.05) is 11.5 Å². The first-order chi connectivity index (χ1) is 23.1. The van der Waals surface area contributed by atoms with E-state index in [-0.39, 0.29) is 35.3 Å². The molecule has 278 valence electrons. The van der Waals surface area contributed by atoms with Crippen molar-refractivity contribution in [3.05, 3.63) is 130 Å². The molecule has 0 spiro atoms. The van der Waals surface area contributed by atoms with E-state index in [0.29, 0.717) is 6.61 Å². The van der Waals surface area contributed by atoms with Crippen molar-refractivity contribution in [2.45, 2.75) is 25.1 Å². The molecular formula is C32H30F7NO8S3. The molecule has 1 aliphatic heterocycles. The zero-order valence-electron chi connectivity index (χ0n) is 26.1. The maximum atomic E-state index is 14.3. The van der Waals surface area contributed by atoms with E-state index in [1.807, 2.05) is 48.5 Å². The molecular weight excluding hydrogens is 756 g/mol. The second-order valence-electron chi connectivity index (χ2n) is 9.62. The van der Waals surface area contributed by atoms with E-state index in [9.17, 15) is 35.5 Å². The van der Waals surface area contributed by atoms with Gasteiger partial charge in [0.15, 0.2) is 27.2 Å². The zero-order chi connectivity index (χ0) is 36.2. The molecule has 19 heteroatoms. The van der Waals surface area contributed by atoms with Crippen LogP contribution in [0.5, 0.6) is 11.5 Å². The summed E-state index contributed by atoms with van der Waals surface area (Å²) in [5, 5.41) is 8.62. The number of rotatable bonds is 8. The molecule has 0 aromatic heterocycles. The Hall–Kier alpha value is -4.27. The number of alkyl halides is 3. The number of benzene rings is 4. The van der Waals surface area contributed by atoms with Crippen LogP contribution in [0.4, 0.5) is 30.7 Å². The summed E-state index contributed by atoms with van der Waals surface area (Å²) in [6.45, 7) is 0.436.